The van der Waals surface area contributed by atoms with E-state index in [2.05, 4.69) is 40.1 Å². The number of aryl methyl sites for hydroxylation is 2. The fourth-order valence-electron chi connectivity index (χ4n) is 3.06. The molecule has 6 heteroatoms. The minimum absolute atomic E-state index is 0.247. The van der Waals surface area contributed by atoms with Gasteiger partial charge in [0.1, 0.15) is 11.3 Å². The number of carbonyl (C=O) groups is 1. The van der Waals surface area contributed by atoms with Crippen molar-refractivity contribution in [3.05, 3.63) is 75.8 Å². The number of rotatable bonds is 4. The summed E-state index contributed by atoms with van der Waals surface area (Å²) in [5.74, 6) is 0.819. The Kier molecular flexibility index (Phi) is 5.11. The molecule has 146 valence electrons. The summed E-state index contributed by atoms with van der Waals surface area (Å²) < 4.78 is 12.0. The smallest absolute Gasteiger partial charge is 0.259 e. The monoisotopic (exact) mass is 450 g/mol. The van der Waals surface area contributed by atoms with E-state index >= 15 is 0 Å². The Morgan fingerprint density at radius 2 is 1.76 bits per heavy atom. The van der Waals surface area contributed by atoms with Crippen LogP contribution in [0.5, 0.6) is 5.75 Å². The maximum atomic E-state index is 12.6. The number of ether oxygens (including phenoxy) is 1. The molecular formula is C23H19BrN2O3. The summed E-state index contributed by atoms with van der Waals surface area (Å²) in [6.07, 6.45) is 0. The third kappa shape index (κ3) is 3.89. The Hall–Kier alpha value is -3.12. The molecule has 1 amide bonds. The fraction of sp³-hybridized carbons (Fsp3) is 0.130. The summed E-state index contributed by atoms with van der Waals surface area (Å²) in [5, 5.41) is 2.89. The number of oxazole rings is 1. The lowest BCUT2D eigenvalue weighted by atomic mass is 10.1. The molecule has 1 heterocycles. The van der Waals surface area contributed by atoms with Crippen molar-refractivity contribution in [1.82, 2.24) is 4.98 Å². The third-order valence-corrected chi connectivity index (χ3v) is 5.29. The summed E-state index contributed by atoms with van der Waals surface area (Å²) in [6, 6.07) is 16.7. The number of methoxy groups -OCH3 is 1. The number of aromatic nitrogens is 1. The van der Waals surface area contributed by atoms with Crippen molar-refractivity contribution >= 4 is 38.6 Å². The maximum Gasteiger partial charge on any atom is 0.259 e. The van der Waals surface area contributed by atoms with Crippen molar-refractivity contribution in [3.8, 4) is 17.2 Å². The van der Waals surface area contributed by atoms with Crippen LogP contribution in [0.3, 0.4) is 0 Å². The van der Waals surface area contributed by atoms with Gasteiger partial charge in [0.05, 0.1) is 12.7 Å². The normalized spacial score (nSPS) is 10.9. The molecule has 29 heavy (non-hydrogen) atoms. The van der Waals surface area contributed by atoms with Crippen LogP contribution in [0.25, 0.3) is 22.6 Å². The lowest BCUT2D eigenvalue weighted by molar-refractivity contribution is 0.102. The van der Waals surface area contributed by atoms with Crippen LogP contribution in [-0.2, 0) is 0 Å². The predicted molar refractivity (Wildman–Crippen MR) is 118 cm³/mol. The first kappa shape index (κ1) is 19.2. The number of carbonyl (C=O) groups excluding carboxylic acids is 1. The number of hydrogen-bond donors (Lipinski definition) is 1. The van der Waals surface area contributed by atoms with Gasteiger partial charge in [0.25, 0.3) is 5.91 Å². The molecular weight excluding hydrogens is 432 g/mol. The van der Waals surface area contributed by atoms with E-state index in [-0.39, 0.29) is 5.91 Å². The van der Waals surface area contributed by atoms with Crippen molar-refractivity contribution in [2.45, 2.75) is 13.8 Å². The van der Waals surface area contributed by atoms with Gasteiger partial charge >= 0.3 is 0 Å². The second-order valence-electron chi connectivity index (χ2n) is 6.80. The van der Waals surface area contributed by atoms with Crippen LogP contribution < -0.4 is 10.1 Å². The Morgan fingerprint density at radius 3 is 2.48 bits per heavy atom. The van der Waals surface area contributed by atoms with Gasteiger partial charge in [0.2, 0.25) is 5.89 Å². The van der Waals surface area contributed by atoms with Crippen LogP contribution in [0, 0.1) is 13.8 Å². The first-order valence-electron chi connectivity index (χ1n) is 9.08. The van der Waals surface area contributed by atoms with E-state index in [9.17, 15) is 4.79 Å². The molecule has 0 aliphatic heterocycles. The van der Waals surface area contributed by atoms with E-state index in [1.54, 1.807) is 12.1 Å². The first-order chi connectivity index (χ1) is 13.9. The Bertz CT molecular complexity index is 1170. The van der Waals surface area contributed by atoms with E-state index in [0.29, 0.717) is 22.9 Å². The molecule has 4 rings (SSSR count). The van der Waals surface area contributed by atoms with Crippen molar-refractivity contribution in [3.63, 3.8) is 0 Å². The second-order valence-corrected chi connectivity index (χ2v) is 7.71. The zero-order chi connectivity index (χ0) is 20.5. The number of fused-ring (bicyclic) bond motifs is 1. The quantitative estimate of drug-likeness (QED) is 0.405. The molecule has 0 saturated heterocycles. The average molecular weight is 451 g/mol. The Labute approximate surface area is 176 Å². The molecule has 0 saturated carbocycles. The van der Waals surface area contributed by atoms with Gasteiger partial charge in [-0.05, 0) is 79.6 Å². The molecule has 3 aromatic carbocycles. The predicted octanol–water partition coefficient (Wildman–Crippen LogP) is 6.14. The Balaban J connectivity index is 1.57. The molecule has 0 aliphatic rings. The lowest BCUT2D eigenvalue weighted by Crippen LogP contribution is -2.13. The molecule has 0 spiro atoms. The maximum absolute atomic E-state index is 12.6. The van der Waals surface area contributed by atoms with Gasteiger partial charge in [-0.25, -0.2) is 4.98 Å². The van der Waals surface area contributed by atoms with Gasteiger partial charge < -0.3 is 14.5 Å². The number of nitrogens with one attached hydrogen (secondary N) is 1. The molecule has 5 nitrogen and oxygen atoms in total. The summed E-state index contributed by atoms with van der Waals surface area (Å²) in [7, 11) is 1.54. The van der Waals surface area contributed by atoms with Crippen LogP contribution in [0.4, 0.5) is 5.69 Å². The van der Waals surface area contributed by atoms with Crippen LogP contribution in [0.1, 0.15) is 21.5 Å². The highest BCUT2D eigenvalue weighted by Crippen LogP contribution is 2.28. The molecule has 0 radical (unpaired) electrons. The van der Waals surface area contributed by atoms with Crippen molar-refractivity contribution in [2.24, 2.45) is 0 Å². The molecule has 4 aromatic rings. The third-order valence-electron chi connectivity index (χ3n) is 4.80. The van der Waals surface area contributed by atoms with Crippen molar-refractivity contribution in [1.29, 1.82) is 0 Å². The minimum atomic E-state index is -0.247. The molecule has 0 unspecified atom stereocenters. The zero-order valence-electron chi connectivity index (χ0n) is 16.2. The van der Waals surface area contributed by atoms with Crippen LogP contribution in [0.15, 0.2) is 63.5 Å². The van der Waals surface area contributed by atoms with Gasteiger partial charge in [-0.2, -0.15) is 0 Å². The topological polar surface area (TPSA) is 64.4 Å². The Morgan fingerprint density at radius 1 is 1.03 bits per heavy atom. The number of halogens is 1. The summed E-state index contributed by atoms with van der Waals surface area (Å²) >= 11 is 3.38. The summed E-state index contributed by atoms with van der Waals surface area (Å²) in [6.45, 7) is 4.11. The number of amides is 1. The largest absolute Gasteiger partial charge is 0.496 e. The number of benzene rings is 3. The first-order valence-corrected chi connectivity index (χ1v) is 9.87. The van der Waals surface area contributed by atoms with Gasteiger partial charge in [-0.15, -0.1) is 0 Å². The fourth-order valence-corrected chi connectivity index (χ4v) is 3.42. The van der Waals surface area contributed by atoms with E-state index < -0.39 is 0 Å². The van der Waals surface area contributed by atoms with Crippen LogP contribution in [-0.4, -0.2) is 18.0 Å². The van der Waals surface area contributed by atoms with E-state index in [1.807, 2.05) is 42.5 Å². The highest BCUT2D eigenvalue weighted by molar-refractivity contribution is 9.10. The highest BCUT2D eigenvalue weighted by atomic mass is 79.9. The van der Waals surface area contributed by atoms with E-state index in [4.69, 9.17) is 9.15 Å². The number of anilines is 1. The van der Waals surface area contributed by atoms with Gasteiger partial charge in [-0.1, -0.05) is 15.9 Å². The lowest BCUT2D eigenvalue weighted by Gasteiger charge is -2.10. The number of nitrogens with zero attached hydrogens (tertiary/aromatic N) is 1. The standard InChI is InChI=1S/C23H19BrN2O3/c1-13-10-19-21(11-14(13)2)29-23(26-19)15-4-7-17(8-5-15)25-22(27)18-12-16(24)6-9-20(18)28-3/h4-12H,1-3H3,(H,25,27). The number of hydrogen-bond acceptors (Lipinski definition) is 4. The van der Waals surface area contributed by atoms with Crippen molar-refractivity contribution < 1.29 is 13.9 Å². The molecule has 0 aliphatic carbocycles. The molecule has 0 bridgehead atoms. The van der Waals surface area contributed by atoms with E-state index in [1.165, 1.54) is 18.2 Å². The molecule has 0 fully saturated rings. The highest BCUT2D eigenvalue weighted by Gasteiger charge is 2.14. The van der Waals surface area contributed by atoms with Gasteiger partial charge in [0, 0.05) is 15.7 Å². The van der Waals surface area contributed by atoms with Crippen LogP contribution >= 0.6 is 15.9 Å². The zero-order valence-corrected chi connectivity index (χ0v) is 17.8. The SMILES string of the molecule is COc1ccc(Br)cc1C(=O)Nc1ccc(-c2nc3cc(C)c(C)cc3o2)cc1. The molecule has 1 aromatic heterocycles. The van der Waals surface area contributed by atoms with Crippen LogP contribution in [0.2, 0.25) is 0 Å². The van der Waals surface area contributed by atoms with Crippen molar-refractivity contribution in [2.75, 3.05) is 12.4 Å². The minimum Gasteiger partial charge on any atom is -0.496 e. The summed E-state index contributed by atoms with van der Waals surface area (Å²) in [4.78, 5) is 17.2. The molecule has 0 atom stereocenters. The van der Waals surface area contributed by atoms with Gasteiger partial charge in [0.15, 0.2) is 5.58 Å². The average Bonchev–Trinajstić information content (AvgIpc) is 3.11. The van der Waals surface area contributed by atoms with Gasteiger partial charge in [-0.3, -0.25) is 4.79 Å². The summed E-state index contributed by atoms with van der Waals surface area (Å²) in [5.41, 5.74) is 5.91. The molecule has 1 N–H and O–H groups in total. The van der Waals surface area contributed by atoms with E-state index in [0.717, 1.165) is 21.1 Å². The second kappa shape index (κ2) is 7.72.